The van der Waals surface area contributed by atoms with Gasteiger partial charge in [0.1, 0.15) is 0 Å². The molecule has 2 atom stereocenters. The Morgan fingerprint density at radius 3 is 2.85 bits per heavy atom. The van der Waals surface area contributed by atoms with Crippen molar-refractivity contribution in [2.24, 2.45) is 11.7 Å². The fraction of sp³-hybridized carbons (Fsp3) is 1.00. The first kappa shape index (κ1) is 13.2. The third kappa shape index (κ3) is 4.27. The highest BCUT2D eigenvalue weighted by Crippen LogP contribution is 2.18. The van der Waals surface area contributed by atoms with Crippen LogP contribution >= 0.6 is 12.4 Å². The Bertz CT molecular complexity index is 115. The van der Waals surface area contributed by atoms with Crippen molar-refractivity contribution in [1.29, 1.82) is 0 Å². The molecule has 1 aliphatic rings. The highest BCUT2D eigenvalue weighted by atomic mass is 35.5. The monoisotopic (exact) mass is 209 g/mol. The summed E-state index contributed by atoms with van der Waals surface area (Å²) in [5, 5.41) is 0. The number of hydrogen-bond acceptors (Lipinski definition) is 3. The molecular formula is C9H20ClNO2. The smallest absolute Gasteiger partial charge is 0.0747 e. The largest absolute Gasteiger partial charge is 0.381 e. The first-order valence-corrected chi connectivity index (χ1v) is 4.78. The summed E-state index contributed by atoms with van der Waals surface area (Å²) in [4.78, 5) is 0. The van der Waals surface area contributed by atoms with E-state index in [2.05, 4.69) is 0 Å². The molecule has 0 aromatic rings. The van der Waals surface area contributed by atoms with Crippen molar-refractivity contribution in [3.63, 3.8) is 0 Å². The second-order valence-corrected chi connectivity index (χ2v) is 3.21. The van der Waals surface area contributed by atoms with Gasteiger partial charge in [-0.2, -0.15) is 0 Å². The average molecular weight is 210 g/mol. The summed E-state index contributed by atoms with van der Waals surface area (Å²) in [6.45, 7) is 5.09. The van der Waals surface area contributed by atoms with Crippen LogP contribution in [0.5, 0.6) is 0 Å². The summed E-state index contributed by atoms with van der Waals surface area (Å²) in [7, 11) is 0. The van der Waals surface area contributed by atoms with Crippen LogP contribution in [0.1, 0.15) is 19.8 Å². The quantitative estimate of drug-likeness (QED) is 0.757. The summed E-state index contributed by atoms with van der Waals surface area (Å²) in [6, 6.07) is 0. The molecule has 13 heavy (non-hydrogen) atoms. The lowest BCUT2D eigenvalue weighted by atomic mass is 9.96. The van der Waals surface area contributed by atoms with Crippen molar-refractivity contribution < 1.29 is 9.47 Å². The summed E-state index contributed by atoms with van der Waals surface area (Å²) < 4.78 is 10.9. The van der Waals surface area contributed by atoms with Gasteiger partial charge in [-0.25, -0.2) is 0 Å². The Balaban J connectivity index is 0.00000144. The van der Waals surface area contributed by atoms with Gasteiger partial charge in [0, 0.05) is 25.7 Å². The molecule has 3 nitrogen and oxygen atoms in total. The SMILES string of the molecule is CCOC(CN)C1CCCOC1.Cl. The van der Waals surface area contributed by atoms with E-state index in [0.29, 0.717) is 12.5 Å². The van der Waals surface area contributed by atoms with Crippen molar-refractivity contribution in [2.75, 3.05) is 26.4 Å². The number of halogens is 1. The molecule has 1 fully saturated rings. The zero-order chi connectivity index (χ0) is 8.81. The zero-order valence-electron chi connectivity index (χ0n) is 8.20. The Hall–Kier alpha value is 0.170. The van der Waals surface area contributed by atoms with Crippen molar-refractivity contribution >= 4 is 12.4 Å². The normalized spacial score (nSPS) is 24.9. The molecule has 80 valence electrons. The molecule has 2 unspecified atom stereocenters. The van der Waals surface area contributed by atoms with Crippen molar-refractivity contribution in [3.05, 3.63) is 0 Å². The molecule has 0 amide bonds. The van der Waals surface area contributed by atoms with E-state index >= 15 is 0 Å². The van der Waals surface area contributed by atoms with E-state index in [9.17, 15) is 0 Å². The molecule has 1 rings (SSSR count). The van der Waals surface area contributed by atoms with E-state index in [1.807, 2.05) is 6.92 Å². The molecule has 0 spiro atoms. The number of rotatable bonds is 4. The van der Waals surface area contributed by atoms with Crippen LogP contribution in [0.3, 0.4) is 0 Å². The Kier molecular flexibility index (Phi) is 7.66. The van der Waals surface area contributed by atoms with Gasteiger partial charge in [0.15, 0.2) is 0 Å². The van der Waals surface area contributed by atoms with E-state index in [1.54, 1.807) is 0 Å². The number of ether oxygens (including phenoxy) is 2. The molecule has 1 aliphatic heterocycles. The second kappa shape index (κ2) is 7.56. The van der Waals surface area contributed by atoms with Gasteiger partial charge in [-0.05, 0) is 19.8 Å². The molecule has 0 aromatic heterocycles. The molecule has 0 radical (unpaired) electrons. The molecule has 0 saturated carbocycles. The topological polar surface area (TPSA) is 44.5 Å². The third-order valence-electron chi connectivity index (χ3n) is 2.33. The van der Waals surface area contributed by atoms with Crippen LogP contribution in [-0.4, -0.2) is 32.5 Å². The second-order valence-electron chi connectivity index (χ2n) is 3.21. The summed E-state index contributed by atoms with van der Waals surface area (Å²) >= 11 is 0. The highest BCUT2D eigenvalue weighted by molar-refractivity contribution is 5.85. The van der Waals surface area contributed by atoms with Gasteiger partial charge in [0.25, 0.3) is 0 Å². The Labute approximate surface area is 86.4 Å². The van der Waals surface area contributed by atoms with Crippen LogP contribution in [0.2, 0.25) is 0 Å². The van der Waals surface area contributed by atoms with Crippen LogP contribution in [-0.2, 0) is 9.47 Å². The van der Waals surface area contributed by atoms with E-state index in [4.69, 9.17) is 15.2 Å². The van der Waals surface area contributed by atoms with Crippen LogP contribution in [0.4, 0.5) is 0 Å². The highest BCUT2D eigenvalue weighted by Gasteiger charge is 2.23. The lowest BCUT2D eigenvalue weighted by Crippen LogP contribution is -2.36. The Morgan fingerprint density at radius 2 is 2.38 bits per heavy atom. The maximum atomic E-state index is 5.61. The van der Waals surface area contributed by atoms with Gasteiger partial charge in [0.2, 0.25) is 0 Å². The molecule has 0 aliphatic carbocycles. The van der Waals surface area contributed by atoms with Gasteiger partial charge >= 0.3 is 0 Å². The first-order chi connectivity index (χ1) is 5.88. The van der Waals surface area contributed by atoms with Gasteiger partial charge in [-0.15, -0.1) is 12.4 Å². The van der Waals surface area contributed by atoms with Crippen LogP contribution in [0, 0.1) is 5.92 Å². The molecule has 4 heteroatoms. The summed E-state index contributed by atoms with van der Waals surface area (Å²) in [5.74, 6) is 0.517. The summed E-state index contributed by atoms with van der Waals surface area (Å²) in [6.07, 6.45) is 2.55. The minimum Gasteiger partial charge on any atom is -0.381 e. The summed E-state index contributed by atoms with van der Waals surface area (Å²) in [5.41, 5.74) is 5.61. The van der Waals surface area contributed by atoms with Gasteiger partial charge in [-0.3, -0.25) is 0 Å². The van der Waals surface area contributed by atoms with Gasteiger partial charge in [-0.1, -0.05) is 0 Å². The predicted octanol–water partition coefficient (Wildman–Crippen LogP) is 1.20. The molecular weight excluding hydrogens is 190 g/mol. The van der Waals surface area contributed by atoms with Crippen molar-refractivity contribution in [2.45, 2.75) is 25.9 Å². The lowest BCUT2D eigenvalue weighted by Gasteiger charge is -2.28. The molecule has 0 aromatic carbocycles. The van der Waals surface area contributed by atoms with Gasteiger partial charge in [0.05, 0.1) is 12.7 Å². The van der Waals surface area contributed by atoms with Crippen LogP contribution < -0.4 is 5.73 Å². The first-order valence-electron chi connectivity index (χ1n) is 4.78. The maximum absolute atomic E-state index is 5.61. The number of hydrogen-bond donors (Lipinski definition) is 1. The molecule has 1 heterocycles. The lowest BCUT2D eigenvalue weighted by molar-refractivity contribution is -0.0388. The van der Waals surface area contributed by atoms with Gasteiger partial charge < -0.3 is 15.2 Å². The van der Waals surface area contributed by atoms with E-state index < -0.39 is 0 Å². The standard InChI is InChI=1S/C9H19NO2.ClH/c1-2-12-9(6-10)8-4-3-5-11-7-8;/h8-9H,2-7,10H2,1H3;1H. The predicted molar refractivity (Wildman–Crippen MR) is 55.3 cm³/mol. The van der Waals surface area contributed by atoms with Crippen LogP contribution in [0.25, 0.3) is 0 Å². The average Bonchev–Trinajstić information content (AvgIpc) is 2.15. The molecule has 2 N–H and O–H groups in total. The maximum Gasteiger partial charge on any atom is 0.0747 e. The molecule has 1 saturated heterocycles. The fourth-order valence-corrected chi connectivity index (χ4v) is 1.67. The van der Waals surface area contributed by atoms with Crippen LogP contribution in [0.15, 0.2) is 0 Å². The van der Waals surface area contributed by atoms with E-state index in [1.165, 1.54) is 6.42 Å². The minimum atomic E-state index is 0. The van der Waals surface area contributed by atoms with Crippen molar-refractivity contribution in [1.82, 2.24) is 0 Å². The minimum absolute atomic E-state index is 0. The fourth-order valence-electron chi connectivity index (χ4n) is 1.67. The van der Waals surface area contributed by atoms with E-state index in [-0.39, 0.29) is 18.5 Å². The number of nitrogens with two attached hydrogens (primary N) is 1. The van der Waals surface area contributed by atoms with E-state index in [0.717, 1.165) is 26.2 Å². The zero-order valence-corrected chi connectivity index (χ0v) is 9.02. The Morgan fingerprint density at radius 1 is 1.62 bits per heavy atom. The third-order valence-corrected chi connectivity index (χ3v) is 2.33. The van der Waals surface area contributed by atoms with Crippen molar-refractivity contribution in [3.8, 4) is 0 Å². The molecule has 0 bridgehead atoms.